The molecule has 6 nitrogen and oxygen atoms in total. The Labute approximate surface area is 125 Å². The summed E-state index contributed by atoms with van der Waals surface area (Å²) in [5.74, 6) is 0.795. The predicted octanol–water partition coefficient (Wildman–Crippen LogP) is 1.66. The minimum Gasteiger partial charge on any atom is -0.444 e. The number of hydrogen-bond donors (Lipinski definition) is 1. The average Bonchev–Trinajstić information content (AvgIpc) is 3.26. The maximum Gasteiger partial charge on any atom is 0.410 e. The van der Waals surface area contributed by atoms with Crippen molar-refractivity contribution in [3.8, 4) is 0 Å². The van der Waals surface area contributed by atoms with Crippen molar-refractivity contribution in [3.63, 3.8) is 0 Å². The monoisotopic (exact) mass is 295 g/mol. The van der Waals surface area contributed by atoms with E-state index in [0.717, 1.165) is 12.8 Å². The minimum atomic E-state index is -0.454. The number of carbonyl (C=O) groups excluding carboxylic acids is 2. The molecule has 2 saturated carbocycles. The number of ether oxygens (including phenoxy) is 1. The molecule has 0 aromatic rings. The first-order chi connectivity index (χ1) is 9.76. The third kappa shape index (κ3) is 3.09. The van der Waals surface area contributed by atoms with Gasteiger partial charge in [-0.3, -0.25) is 0 Å². The number of likely N-dealkylation sites (tertiary alicyclic amines) is 1. The van der Waals surface area contributed by atoms with Gasteiger partial charge in [-0.1, -0.05) is 0 Å². The molecule has 0 aromatic heterocycles. The first-order valence-corrected chi connectivity index (χ1v) is 7.77. The molecule has 3 aliphatic rings. The summed E-state index contributed by atoms with van der Waals surface area (Å²) in [6.45, 7) is 7.00. The van der Waals surface area contributed by atoms with Crippen LogP contribution in [-0.4, -0.2) is 59.7 Å². The van der Waals surface area contributed by atoms with E-state index in [-0.39, 0.29) is 18.2 Å². The van der Waals surface area contributed by atoms with E-state index in [1.165, 1.54) is 0 Å². The average molecular weight is 295 g/mol. The number of hydrogen-bond acceptors (Lipinski definition) is 3. The van der Waals surface area contributed by atoms with Gasteiger partial charge in [0, 0.05) is 44.1 Å². The van der Waals surface area contributed by atoms with Gasteiger partial charge in [-0.05, 0) is 33.6 Å². The fourth-order valence-electron chi connectivity index (χ4n) is 3.09. The van der Waals surface area contributed by atoms with Gasteiger partial charge in [0.1, 0.15) is 5.60 Å². The van der Waals surface area contributed by atoms with Gasteiger partial charge in [-0.2, -0.15) is 0 Å². The Morgan fingerprint density at radius 1 is 1.19 bits per heavy atom. The van der Waals surface area contributed by atoms with E-state index in [4.69, 9.17) is 4.74 Å². The van der Waals surface area contributed by atoms with Crippen molar-refractivity contribution < 1.29 is 14.3 Å². The van der Waals surface area contributed by atoms with Gasteiger partial charge in [0.2, 0.25) is 0 Å². The topological polar surface area (TPSA) is 61.9 Å². The second kappa shape index (κ2) is 4.78. The molecule has 0 radical (unpaired) electrons. The van der Waals surface area contributed by atoms with Crippen LogP contribution >= 0.6 is 0 Å². The van der Waals surface area contributed by atoms with Gasteiger partial charge < -0.3 is 19.9 Å². The van der Waals surface area contributed by atoms with Crippen LogP contribution in [0.15, 0.2) is 0 Å². The molecule has 3 fully saturated rings. The predicted molar refractivity (Wildman–Crippen MR) is 77.9 cm³/mol. The molecule has 3 rings (SSSR count). The van der Waals surface area contributed by atoms with E-state index < -0.39 is 5.60 Å². The summed E-state index contributed by atoms with van der Waals surface area (Å²) >= 11 is 0. The number of urea groups is 1. The highest BCUT2D eigenvalue weighted by Gasteiger charge is 2.58. The van der Waals surface area contributed by atoms with Crippen molar-refractivity contribution in [1.29, 1.82) is 0 Å². The van der Waals surface area contributed by atoms with Crippen LogP contribution in [0.1, 0.15) is 33.6 Å². The quantitative estimate of drug-likeness (QED) is 0.842. The molecular weight excluding hydrogens is 270 g/mol. The zero-order valence-corrected chi connectivity index (χ0v) is 13.3. The summed E-state index contributed by atoms with van der Waals surface area (Å²) in [6.07, 6.45) is 2.00. The Kier molecular flexibility index (Phi) is 3.30. The zero-order valence-electron chi connectivity index (χ0n) is 13.3. The van der Waals surface area contributed by atoms with Gasteiger partial charge in [0.05, 0.1) is 0 Å². The molecule has 2 aliphatic carbocycles. The van der Waals surface area contributed by atoms with Crippen molar-refractivity contribution in [1.82, 2.24) is 15.1 Å². The van der Waals surface area contributed by atoms with Crippen molar-refractivity contribution in [2.75, 3.05) is 20.1 Å². The number of nitrogens with zero attached hydrogens (tertiary/aromatic N) is 2. The van der Waals surface area contributed by atoms with E-state index in [2.05, 4.69) is 5.32 Å². The van der Waals surface area contributed by atoms with Crippen LogP contribution in [0.3, 0.4) is 0 Å². The Balaban J connectivity index is 1.43. The molecule has 2 atom stereocenters. The first kappa shape index (κ1) is 14.5. The number of fused-ring (bicyclic) bond motifs is 1. The fourth-order valence-corrected chi connectivity index (χ4v) is 3.09. The number of rotatable bonds is 2. The van der Waals surface area contributed by atoms with Gasteiger partial charge in [-0.15, -0.1) is 0 Å². The second-order valence-electron chi connectivity index (χ2n) is 7.53. The van der Waals surface area contributed by atoms with Gasteiger partial charge in [0.15, 0.2) is 0 Å². The molecule has 21 heavy (non-hydrogen) atoms. The van der Waals surface area contributed by atoms with Crippen molar-refractivity contribution in [2.24, 2.45) is 11.8 Å². The third-order valence-corrected chi connectivity index (χ3v) is 4.55. The molecule has 6 heteroatoms. The van der Waals surface area contributed by atoms with E-state index in [1.54, 1.807) is 9.80 Å². The van der Waals surface area contributed by atoms with Crippen LogP contribution in [0.25, 0.3) is 0 Å². The van der Waals surface area contributed by atoms with E-state index >= 15 is 0 Å². The normalized spacial score (nSPS) is 30.7. The lowest BCUT2D eigenvalue weighted by atomic mass is 10.2. The molecule has 1 N–H and O–H groups in total. The van der Waals surface area contributed by atoms with Crippen LogP contribution in [0.5, 0.6) is 0 Å². The van der Waals surface area contributed by atoms with Crippen molar-refractivity contribution in [2.45, 2.75) is 51.3 Å². The highest BCUT2D eigenvalue weighted by molar-refractivity contribution is 5.76. The number of piperidine rings is 1. The first-order valence-electron chi connectivity index (χ1n) is 7.77. The summed E-state index contributed by atoms with van der Waals surface area (Å²) < 4.78 is 5.38. The molecule has 118 valence electrons. The van der Waals surface area contributed by atoms with Gasteiger partial charge >= 0.3 is 12.1 Å². The van der Waals surface area contributed by atoms with Gasteiger partial charge in [0.25, 0.3) is 0 Å². The summed E-state index contributed by atoms with van der Waals surface area (Å²) in [7, 11) is 1.86. The molecule has 1 heterocycles. The Morgan fingerprint density at radius 2 is 1.76 bits per heavy atom. The molecule has 3 amide bonds. The summed E-state index contributed by atoms with van der Waals surface area (Å²) in [6, 6.07) is 0.694. The van der Waals surface area contributed by atoms with Crippen LogP contribution in [0, 0.1) is 11.8 Å². The lowest BCUT2D eigenvalue weighted by Gasteiger charge is -2.26. The summed E-state index contributed by atoms with van der Waals surface area (Å²) in [5, 5.41) is 3.09. The minimum absolute atomic E-state index is 0.0284. The van der Waals surface area contributed by atoms with Crippen LogP contribution < -0.4 is 5.32 Å². The zero-order chi connectivity index (χ0) is 15.4. The lowest BCUT2D eigenvalue weighted by Crippen LogP contribution is -2.44. The Morgan fingerprint density at radius 3 is 2.24 bits per heavy atom. The third-order valence-electron chi connectivity index (χ3n) is 4.55. The van der Waals surface area contributed by atoms with Crippen molar-refractivity contribution in [3.05, 3.63) is 0 Å². The maximum atomic E-state index is 12.0. The number of carbonyl (C=O) groups is 2. The van der Waals surface area contributed by atoms with E-state index in [0.29, 0.717) is 31.0 Å². The highest BCUT2D eigenvalue weighted by atomic mass is 16.6. The van der Waals surface area contributed by atoms with E-state index in [1.807, 2.05) is 27.8 Å². The number of nitrogens with one attached hydrogen (secondary N) is 1. The van der Waals surface area contributed by atoms with Crippen LogP contribution in [0.2, 0.25) is 0 Å². The van der Waals surface area contributed by atoms with Crippen LogP contribution in [-0.2, 0) is 4.74 Å². The Hall–Kier alpha value is -1.46. The number of amides is 3. The standard InChI is InChI=1S/C15H25N3O3/c1-15(2,3)21-14(20)18-7-10-11(8-18)12(10)16-13(19)17(4)9-5-6-9/h9-12H,5-8H2,1-4H3,(H,16,19). The molecule has 1 aliphatic heterocycles. The molecule has 0 bridgehead atoms. The second-order valence-corrected chi connectivity index (χ2v) is 7.53. The highest BCUT2D eigenvalue weighted by Crippen LogP contribution is 2.46. The van der Waals surface area contributed by atoms with E-state index in [9.17, 15) is 9.59 Å². The summed E-state index contributed by atoms with van der Waals surface area (Å²) in [4.78, 5) is 27.6. The van der Waals surface area contributed by atoms with Crippen LogP contribution in [0.4, 0.5) is 9.59 Å². The molecule has 1 saturated heterocycles. The maximum absolute atomic E-state index is 12.0. The molecule has 0 aromatic carbocycles. The summed E-state index contributed by atoms with van der Waals surface area (Å²) in [5.41, 5.74) is -0.454. The fraction of sp³-hybridized carbons (Fsp3) is 0.867. The SMILES string of the molecule is CN(C(=O)NC1C2CN(C(=O)OC(C)(C)C)CC21)C1CC1. The molecular formula is C15H25N3O3. The molecule has 0 spiro atoms. The Bertz CT molecular complexity index is 444. The van der Waals surface area contributed by atoms with Crippen molar-refractivity contribution >= 4 is 12.1 Å². The molecule has 2 unspecified atom stereocenters. The largest absolute Gasteiger partial charge is 0.444 e. The smallest absolute Gasteiger partial charge is 0.410 e. The van der Waals surface area contributed by atoms with Gasteiger partial charge in [-0.25, -0.2) is 9.59 Å². The lowest BCUT2D eigenvalue weighted by molar-refractivity contribution is 0.0270.